The summed E-state index contributed by atoms with van der Waals surface area (Å²) in [5.74, 6) is -0.865. The molecule has 0 aliphatic carbocycles. The van der Waals surface area contributed by atoms with Crippen LogP contribution in [0.3, 0.4) is 0 Å². The van der Waals surface area contributed by atoms with Crippen LogP contribution in [-0.2, 0) is 15.6 Å². The molecule has 0 aliphatic rings. The van der Waals surface area contributed by atoms with Crippen LogP contribution in [0.5, 0.6) is 0 Å². The molecule has 0 bridgehead atoms. The molecule has 3 N–H and O–H groups in total. The number of benzene rings is 1. The molecule has 0 saturated carbocycles. The number of nitrogens with two attached hydrogens (primary N) is 1. The second-order valence-corrected chi connectivity index (χ2v) is 7.55. The first-order chi connectivity index (χ1) is 8.91. The van der Waals surface area contributed by atoms with E-state index >= 15 is 0 Å². The second-order valence-electron chi connectivity index (χ2n) is 7.55. The lowest BCUT2D eigenvalue weighted by Gasteiger charge is -2.27. The van der Waals surface area contributed by atoms with Crippen LogP contribution in [0.15, 0.2) is 18.2 Å². The molecule has 0 aliphatic heterocycles. The lowest BCUT2D eigenvalue weighted by molar-refractivity contribution is -0.137. The van der Waals surface area contributed by atoms with Gasteiger partial charge < -0.3 is 10.8 Å². The molecule has 0 heterocycles. The summed E-state index contributed by atoms with van der Waals surface area (Å²) in [4.78, 5) is 10.9. The van der Waals surface area contributed by atoms with Crippen molar-refractivity contribution in [3.05, 3.63) is 34.9 Å². The van der Waals surface area contributed by atoms with Gasteiger partial charge in [-0.2, -0.15) is 0 Å². The molecule has 0 unspecified atom stereocenters. The van der Waals surface area contributed by atoms with Gasteiger partial charge in [0.15, 0.2) is 0 Å². The van der Waals surface area contributed by atoms with Crippen molar-refractivity contribution in [2.45, 2.75) is 64.8 Å². The predicted molar refractivity (Wildman–Crippen MR) is 83.0 cm³/mol. The number of carbonyl (C=O) groups is 1. The standard InChI is InChI=1S/C17H27NO2/c1-16(2,3)12-7-11(14(18)10-15(19)20)8-13(9-12)17(4,5)6/h7-9,14H,10,18H2,1-6H3,(H,19,20)/t14-/m0/s1. The van der Waals surface area contributed by atoms with E-state index in [9.17, 15) is 4.79 Å². The van der Waals surface area contributed by atoms with Gasteiger partial charge in [-0.15, -0.1) is 0 Å². The molecule has 0 fully saturated rings. The molecule has 0 aromatic heterocycles. The van der Waals surface area contributed by atoms with Gasteiger partial charge in [-0.1, -0.05) is 59.7 Å². The van der Waals surface area contributed by atoms with Gasteiger partial charge in [-0.25, -0.2) is 0 Å². The molecule has 1 aromatic rings. The Bertz CT molecular complexity index is 460. The maximum absolute atomic E-state index is 10.9. The highest BCUT2D eigenvalue weighted by Crippen LogP contribution is 2.32. The zero-order chi connectivity index (χ0) is 15.7. The van der Waals surface area contributed by atoms with Gasteiger partial charge in [0.1, 0.15) is 0 Å². The van der Waals surface area contributed by atoms with E-state index in [4.69, 9.17) is 10.8 Å². The Hall–Kier alpha value is -1.35. The van der Waals surface area contributed by atoms with E-state index in [1.54, 1.807) is 0 Å². The highest BCUT2D eigenvalue weighted by Gasteiger charge is 2.22. The first kappa shape index (κ1) is 16.7. The molecule has 3 nitrogen and oxygen atoms in total. The van der Waals surface area contributed by atoms with E-state index in [0.29, 0.717) is 0 Å². The van der Waals surface area contributed by atoms with Crippen LogP contribution in [0.2, 0.25) is 0 Å². The fourth-order valence-corrected chi connectivity index (χ4v) is 2.04. The first-order valence-electron chi connectivity index (χ1n) is 7.04. The quantitative estimate of drug-likeness (QED) is 0.884. The Morgan fingerprint density at radius 1 is 1.05 bits per heavy atom. The third kappa shape index (κ3) is 4.34. The summed E-state index contributed by atoms with van der Waals surface area (Å²) in [6.45, 7) is 12.9. The molecule has 0 saturated heterocycles. The average Bonchev–Trinajstić information content (AvgIpc) is 2.25. The van der Waals surface area contributed by atoms with E-state index in [1.165, 1.54) is 11.1 Å². The van der Waals surface area contributed by atoms with E-state index < -0.39 is 12.0 Å². The van der Waals surface area contributed by atoms with Crippen molar-refractivity contribution in [2.75, 3.05) is 0 Å². The summed E-state index contributed by atoms with van der Waals surface area (Å²) in [7, 11) is 0. The number of hydrogen-bond acceptors (Lipinski definition) is 2. The van der Waals surface area contributed by atoms with Crippen LogP contribution in [-0.4, -0.2) is 11.1 Å². The number of aliphatic carboxylic acids is 1. The Balaban J connectivity index is 3.34. The van der Waals surface area contributed by atoms with Crippen molar-refractivity contribution < 1.29 is 9.90 Å². The molecule has 20 heavy (non-hydrogen) atoms. The predicted octanol–water partition coefficient (Wildman–Crippen LogP) is 3.76. The van der Waals surface area contributed by atoms with Crippen LogP contribution >= 0.6 is 0 Å². The number of carboxylic acid groups (broad SMARTS) is 1. The topological polar surface area (TPSA) is 63.3 Å². The molecule has 0 amide bonds. The molecular weight excluding hydrogens is 250 g/mol. The van der Waals surface area contributed by atoms with Crippen LogP contribution in [0.4, 0.5) is 0 Å². The molecule has 1 atom stereocenters. The van der Waals surface area contributed by atoms with Crippen molar-refractivity contribution in [1.82, 2.24) is 0 Å². The lowest BCUT2D eigenvalue weighted by atomic mass is 9.78. The average molecular weight is 277 g/mol. The van der Waals surface area contributed by atoms with Gasteiger partial charge in [0.2, 0.25) is 0 Å². The van der Waals surface area contributed by atoms with Gasteiger partial charge in [0.05, 0.1) is 6.42 Å². The summed E-state index contributed by atoms with van der Waals surface area (Å²) >= 11 is 0. The van der Waals surface area contributed by atoms with Gasteiger partial charge in [-0.3, -0.25) is 4.79 Å². The summed E-state index contributed by atoms with van der Waals surface area (Å²) in [5, 5.41) is 8.92. The third-order valence-corrected chi connectivity index (χ3v) is 3.51. The van der Waals surface area contributed by atoms with Crippen molar-refractivity contribution in [2.24, 2.45) is 5.73 Å². The summed E-state index contributed by atoms with van der Waals surface area (Å²) in [6.07, 6.45) is -0.0445. The number of rotatable bonds is 3. The Morgan fingerprint density at radius 2 is 1.45 bits per heavy atom. The van der Waals surface area contributed by atoms with Crippen LogP contribution in [0.1, 0.15) is 70.7 Å². The Morgan fingerprint density at radius 3 is 1.75 bits per heavy atom. The van der Waals surface area contributed by atoms with Crippen molar-refractivity contribution >= 4 is 5.97 Å². The fourth-order valence-electron chi connectivity index (χ4n) is 2.04. The first-order valence-corrected chi connectivity index (χ1v) is 7.04. The molecule has 3 heteroatoms. The van der Waals surface area contributed by atoms with Crippen molar-refractivity contribution in [1.29, 1.82) is 0 Å². The van der Waals surface area contributed by atoms with Crippen molar-refractivity contribution in [3.63, 3.8) is 0 Å². The Labute approximate surface area is 122 Å². The van der Waals surface area contributed by atoms with E-state index in [0.717, 1.165) is 5.56 Å². The third-order valence-electron chi connectivity index (χ3n) is 3.51. The van der Waals surface area contributed by atoms with E-state index in [-0.39, 0.29) is 17.3 Å². The summed E-state index contributed by atoms with van der Waals surface area (Å²) in [5.41, 5.74) is 9.36. The van der Waals surface area contributed by atoms with Crippen LogP contribution in [0, 0.1) is 0 Å². The molecule has 1 aromatic carbocycles. The van der Waals surface area contributed by atoms with Gasteiger partial charge in [-0.05, 0) is 27.5 Å². The smallest absolute Gasteiger partial charge is 0.305 e. The van der Waals surface area contributed by atoms with Gasteiger partial charge >= 0.3 is 5.97 Å². The van der Waals surface area contributed by atoms with Gasteiger partial charge in [0.25, 0.3) is 0 Å². The normalized spacial score (nSPS) is 14.2. The minimum absolute atomic E-state index is 0.0129. The summed E-state index contributed by atoms with van der Waals surface area (Å²) < 4.78 is 0. The fraction of sp³-hybridized carbons (Fsp3) is 0.588. The molecule has 112 valence electrons. The molecule has 0 spiro atoms. The van der Waals surface area contributed by atoms with E-state index in [2.05, 4.69) is 47.6 Å². The zero-order valence-corrected chi connectivity index (χ0v) is 13.4. The minimum Gasteiger partial charge on any atom is -0.481 e. The SMILES string of the molecule is CC(C)(C)c1cc([C@@H](N)CC(=O)O)cc(C(C)(C)C)c1. The molecule has 1 rings (SSSR count). The molecule has 0 radical (unpaired) electrons. The maximum atomic E-state index is 10.9. The molecular formula is C17H27NO2. The van der Waals surface area contributed by atoms with Crippen LogP contribution < -0.4 is 5.73 Å². The van der Waals surface area contributed by atoms with Crippen molar-refractivity contribution in [3.8, 4) is 0 Å². The number of carboxylic acids is 1. The second kappa shape index (κ2) is 5.57. The highest BCUT2D eigenvalue weighted by molar-refractivity contribution is 5.68. The highest BCUT2D eigenvalue weighted by atomic mass is 16.4. The number of hydrogen-bond donors (Lipinski definition) is 2. The summed E-state index contributed by atoms with van der Waals surface area (Å²) in [6, 6.07) is 5.83. The Kier molecular flexibility index (Phi) is 4.65. The largest absolute Gasteiger partial charge is 0.481 e. The van der Waals surface area contributed by atoms with Crippen LogP contribution in [0.25, 0.3) is 0 Å². The monoisotopic (exact) mass is 277 g/mol. The zero-order valence-electron chi connectivity index (χ0n) is 13.4. The lowest BCUT2D eigenvalue weighted by Crippen LogP contribution is -2.20. The maximum Gasteiger partial charge on any atom is 0.305 e. The van der Waals surface area contributed by atoms with E-state index in [1.807, 2.05) is 12.1 Å². The van der Waals surface area contributed by atoms with Gasteiger partial charge in [0, 0.05) is 6.04 Å². The minimum atomic E-state index is -0.865.